The van der Waals surface area contributed by atoms with Gasteiger partial charge in [0.15, 0.2) is 0 Å². The summed E-state index contributed by atoms with van der Waals surface area (Å²) < 4.78 is 0. The maximum Gasteiger partial charge on any atom is 0.202 e. The molecule has 1 aliphatic heterocycles. The quantitative estimate of drug-likeness (QED) is 0.782. The van der Waals surface area contributed by atoms with Gasteiger partial charge in [-0.2, -0.15) is 0 Å². The zero-order valence-corrected chi connectivity index (χ0v) is 9.37. The van der Waals surface area contributed by atoms with Crippen LogP contribution in [0.3, 0.4) is 0 Å². The van der Waals surface area contributed by atoms with Crippen molar-refractivity contribution in [2.75, 3.05) is 31.1 Å². The Hall–Kier alpha value is -1.03. The first kappa shape index (κ1) is 10.5. The van der Waals surface area contributed by atoms with E-state index in [2.05, 4.69) is 27.1 Å². The van der Waals surface area contributed by atoms with E-state index in [9.17, 15) is 0 Å². The molecule has 4 heteroatoms. The van der Waals surface area contributed by atoms with Crippen molar-refractivity contribution in [2.24, 2.45) is 5.92 Å². The molecule has 4 nitrogen and oxygen atoms in total. The van der Waals surface area contributed by atoms with E-state index in [0.717, 1.165) is 25.0 Å². The summed E-state index contributed by atoms with van der Waals surface area (Å²) in [6.45, 7) is 6.67. The lowest BCUT2D eigenvalue weighted by Crippen LogP contribution is -2.36. The van der Waals surface area contributed by atoms with Crippen LogP contribution in [-0.2, 0) is 0 Å². The summed E-state index contributed by atoms with van der Waals surface area (Å²) in [6.07, 6.45) is 6.29. The number of piperidine rings is 1. The van der Waals surface area contributed by atoms with Crippen LogP contribution >= 0.6 is 0 Å². The van der Waals surface area contributed by atoms with Crippen LogP contribution in [0.2, 0.25) is 0 Å². The van der Waals surface area contributed by atoms with Crippen LogP contribution in [0.5, 0.6) is 0 Å². The van der Waals surface area contributed by atoms with Gasteiger partial charge in [0, 0.05) is 25.5 Å². The SMILES string of the molecule is CCN(CC1CCNCC1)c1ncc[nH]1. The molecule has 1 aromatic heterocycles. The Kier molecular flexibility index (Phi) is 3.61. The molecule has 84 valence electrons. The van der Waals surface area contributed by atoms with E-state index >= 15 is 0 Å². The third kappa shape index (κ3) is 2.72. The number of imidazole rings is 1. The molecule has 2 heterocycles. The van der Waals surface area contributed by atoms with Crippen LogP contribution in [0, 0.1) is 5.92 Å². The van der Waals surface area contributed by atoms with Gasteiger partial charge < -0.3 is 15.2 Å². The number of anilines is 1. The van der Waals surface area contributed by atoms with Crippen LogP contribution in [0.4, 0.5) is 5.95 Å². The predicted molar refractivity (Wildman–Crippen MR) is 62.1 cm³/mol. The van der Waals surface area contributed by atoms with Gasteiger partial charge in [-0.15, -0.1) is 0 Å². The minimum atomic E-state index is 0.816. The van der Waals surface area contributed by atoms with Crippen molar-refractivity contribution in [3.63, 3.8) is 0 Å². The summed E-state index contributed by atoms with van der Waals surface area (Å²) in [5, 5.41) is 3.40. The molecule has 1 saturated heterocycles. The summed E-state index contributed by atoms with van der Waals surface area (Å²) in [5.41, 5.74) is 0. The summed E-state index contributed by atoms with van der Waals surface area (Å²) in [5.74, 6) is 1.83. The summed E-state index contributed by atoms with van der Waals surface area (Å²) in [7, 11) is 0. The lowest BCUT2D eigenvalue weighted by Gasteiger charge is -2.29. The van der Waals surface area contributed by atoms with Crippen molar-refractivity contribution < 1.29 is 0 Å². The number of nitrogens with one attached hydrogen (secondary N) is 2. The standard InChI is InChI=1S/C11H20N4/c1-2-15(11-13-7-8-14-11)9-10-3-5-12-6-4-10/h7-8,10,12H,2-6,9H2,1H3,(H,13,14). The minimum Gasteiger partial charge on any atom is -0.342 e. The van der Waals surface area contributed by atoms with Crippen LogP contribution in [0.25, 0.3) is 0 Å². The average molecular weight is 208 g/mol. The Balaban J connectivity index is 1.90. The van der Waals surface area contributed by atoms with E-state index in [-0.39, 0.29) is 0 Å². The van der Waals surface area contributed by atoms with Crippen molar-refractivity contribution in [1.82, 2.24) is 15.3 Å². The normalized spacial score (nSPS) is 17.9. The molecule has 0 spiro atoms. The Labute approximate surface area is 91.1 Å². The number of nitrogens with zero attached hydrogens (tertiary/aromatic N) is 2. The summed E-state index contributed by atoms with van der Waals surface area (Å²) >= 11 is 0. The maximum absolute atomic E-state index is 4.31. The van der Waals surface area contributed by atoms with Gasteiger partial charge in [-0.05, 0) is 38.8 Å². The second-order valence-electron chi connectivity index (χ2n) is 4.14. The highest BCUT2D eigenvalue weighted by atomic mass is 15.2. The van der Waals surface area contributed by atoms with Crippen molar-refractivity contribution in [3.8, 4) is 0 Å². The third-order valence-corrected chi connectivity index (χ3v) is 3.10. The molecule has 1 aromatic rings. The zero-order valence-electron chi connectivity index (χ0n) is 9.37. The lowest BCUT2D eigenvalue weighted by atomic mass is 9.98. The number of hydrogen-bond acceptors (Lipinski definition) is 3. The fraction of sp³-hybridized carbons (Fsp3) is 0.727. The van der Waals surface area contributed by atoms with Crippen molar-refractivity contribution in [3.05, 3.63) is 12.4 Å². The van der Waals surface area contributed by atoms with Crippen molar-refractivity contribution >= 4 is 5.95 Å². The van der Waals surface area contributed by atoms with Gasteiger partial charge in [-0.1, -0.05) is 0 Å². The molecule has 0 bridgehead atoms. The van der Waals surface area contributed by atoms with Gasteiger partial charge in [0.05, 0.1) is 0 Å². The largest absolute Gasteiger partial charge is 0.342 e. The molecule has 1 aliphatic rings. The smallest absolute Gasteiger partial charge is 0.202 e. The van der Waals surface area contributed by atoms with E-state index in [1.165, 1.54) is 25.9 Å². The number of aromatic nitrogens is 2. The number of H-pyrrole nitrogens is 1. The van der Waals surface area contributed by atoms with Crippen LogP contribution < -0.4 is 10.2 Å². The first-order valence-electron chi connectivity index (χ1n) is 5.85. The van der Waals surface area contributed by atoms with E-state index in [0.29, 0.717) is 0 Å². The number of aromatic amines is 1. The zero-order chi connectivity index (χ0) is 10.5. The van der Waals surface area contributed by atoms with Crippen LogP contribution in [0.1, 0.15) is 19.8 Å². The Morgan fingerprint density at radius 2 is 2.27 bits per heavy atom. The van der Waals surface area contributed by atoms with Crippen LogP contribution in [0.15, 0.2) is 12.4 Å². The van der Waals surface area contributed by atoms with E-state index in [1.54, 1.807) is 0 Å². The minimum absolute atomic E-state index is 0.816. The fourth-order valence-corrected chi connectivity index (χ4v) is 2.17. The Morgan fingerprint density at radius 3 is 2.87 bits per heavy atom. The molecular weight excluding hydrogens is 188 g/mol. The van der Waals surface area contributed by atoms with Gasteiger partial charge in [-0.3, -0.25) is 0 Å². The van der Waals surface area contributed by atoms with Crippen molar-refractivity contribution in [1.29, 1.82) is 0 Å². The highest BCUT2D eigenvalue weighted by Gasteiger charge is 2.17. The Morgan fingerprint density at radius 1 is 1.47 bits per heavy atom. The van der Waals surface area contributed by atoms with Gasteiger partial charge >= 0.3 is 0 Å². The molecule has 2 rings (SSSR count). The molecule has 15 heavy (non-hydrogen) atoms. The molecule has 2 N–H and O–H groups in total. The van der Waals surface area contributed by atoms with Gasteiger partial charge in [0.1, 0.15) is 0 Å². The third-order valence-electron chi connectivity index (χ3n) is 3.10. The predicted octanol–water partition coefficient (Wildman–Crippen LogP) is 1.24. The molecule has 0 aliphatic carbocycles. The highest BCUT2D eigenvalue weighted by molar-refractivity contribution is 5.28. The molecule has 1 fully saturated rings. The van der Waals surface area contributed by atoms with Gasteiger partial charge in [-0.25, -0.2) is 4.98 Å². The lowest BCUT2D eigenvalue weighted by molar-refractivity contribution is 0.373. The molecule has 0 atom stereocenters. The molecule has 0 unspecified atom stereocenters. The fourth-order valence-electron chi connectivity index (χ4n) is 2.17. The van der Waals surface area contributed by atoms with Crippen molar-refractivity contribution in [2.45, 2.75) is 19.8 Å². The molecule has 0 saturated carbocycles. The second-order valence-corrected chi connectivity index (χ2v) is 4.14. The highest BCUT2D eigenvalue weighted by Crippen LogP contribution is 2.16. The Bertz CT molecular complexity index is 264. The van der Waals surface area contributed by atoms with Crippen LogP contribution in [-0.4, -0.2) is 36.1 Å². The summed E-state index contributed by atoms with van der Waals surface area (Å²) in [4.78, 5) is 9.81. The molecule has 0 amide bonds. The van der Waals surface area contributed by atoms with E-state index in [4.69, 9.17) is 0 Å². The van der Waals surface area contributed by atoms with E-state index < -0.39 is 0 Å². The van der Waals surface area contributed by atoms with Gasteiger partial charge in [0.25, 0.3) is 0 Å². The molecular formula is C11H20N4. The first-order valence-corrected chi connectivity index (χ1v) is 5.85. The summed E-state index contributed by atoms with van der Waals surface area (Å²) in [6, 6.07) is 0. The topological polar surface area (TPSA) is 44.0 Å². The van der Waals surface area contributed by atoms with Gasteiger partial charge in [0.2, 0.25) is 5.95 Å². The van der Waals surface area contributed by atoms with E-state index in [1.807, 2.05) is 12.4 Å². The number of rotatable bonds is 4. The maximum atomic E-state index is 4.31. The number of hydrogen-bond donors (Lipinski definition) is 2. The molecule has 0 radical (unpaired) electrons. The monoisotopic (exact) mass is 208 g/mol. The second kappa shape index (κ2) is 5.16. The first-order chi connectivity index (χ1) is 7.40. The average Bonchev–Trinajstić information content (AvgIpc) is 2.81. The molecule has 0 aromatic carbocycles.